The molecule has 0 saturated carbocycles. The molecule has 5 nitrogen and oxygen atoms in total. The maximum atomic E-state index is 12.5. The van der Waals surface area contributed by atoms with Gasteiger partial charge in [-0.15, -0.1) is 0 Å². The number of rotatable bonds is 3. The quantitative estimate of drug-likeness (QED) is 0.874. The largest absolute Gasteiger partial charge is 0.439 e. The molecule has 5 heteroatoms. The minimum Gasteiger partial charge on any atom is -0.439 e. The number of para-hydroxylation sites is 1. The van der Waals surface area contributed by atoms with Gasteiger partial charge < -0.3 is 14.4 Å². The second-order valence-electron chi connectivity index (χ2n) is 6.14. The van der Waals surface area contributed by atoms with Crippen molar-refractivity contribution in [3.8, 4) is 11.6 Å². The van der Waals surface area contributed by atoms with Gasteiger partial charge in [-0.25, -0.2) is 4.98 Å². The van der Waals surface area contributed by atoms with Gasteiger partial charge in [0.2, 0.25) is 5.88 Å². The van der Waals surface area contributed by atoms with E-state index in [4.69, 9.17) is 9.47 Å². The number of carbonyl (C=O) groups is 1. The van der Waals surface area contributed by atoms with Crippen LogP contribution >= 0.6 is 0 Å². The van der Waals surface area contributed by atoms with Crippen LogP contribution in [0, 0.1) is 0 Å². The smallest absolute Gasteiger partial charge is 0.255 e. The van der Waals surface area contributed by atoms with Crippen molar-refractivity contribution in [3.05, 3.63) is 54.2 Å². The molecule has 1 fully saturated rings. The van der Waals surface area contributed by atoms with Crippen molar-refractivity contribution in [2.45, 2.75) is 19.4 Å². The third kappa shape index (κ3) is 3.87. The Morgan fingerprint density at radius 3 is 2.65 bits per heavy atom. The zero-order valence-corrected chi connectivity index (χ0v) is 13.4. The van der Waals surface area contributed by atoms with E-state index in [9.17, 15) is 4.79 Å². The van der Waals surface area contributed by atoms with E-state index in [1.54, 1.807) is 23.2 Å². The van der Waals surface area contributed by atoms with Crippen LogP contribution in [-0.2, 0) is 4.74 Å². The highest BCUT2D eigenvalue weighted by Crippen LogP contribution is 2.21. The van der Waals surface area contributed by atoms with Crippen molar-refractivity contribution in [2.75, 3.05) is 19.7 Å². The number of hydrogen-bond donors (Lipinski definition) is 0. The predicted molar refractivity (Wildman–Crippen MR) is 86.7 cm³/mol. The molecule has 2 heterocycles. The van der Waals surface area contributed by atoms with E-state index in [2.05, 4.69) is 4.98 Å². The van der Waals surface area contributed by atoms with Crippen LogP contribution in [0.2, 0.25) is 0 Å². The average Bonchev–Trinajstić information content (AvgIpc) is 2.55. The fourth-order valence-electron chi connectivity index (χ4n) is 2.55. The zero-order chi connectivity index (χ0) is 16.3. The third-order valence-electron chi connectivity index (χ3n) is 3.66. The molecule has 0 aliphatic carbocycles. The zero-order valence-electron chi connectivity index (χ0n) is 13.4. The highest BCUT2D eigenvalue weighted by atomic mass is 16.5. The molecule has 0 unspecified atom stereocenters. The van der Waals surface area contributed by atoms with E-state index >= 15 is 0 Å². The third-order valence-corrected chi connectivity index (χ3v) is 3.66. The molecule has 0 radical (unpaired) electrons. The molecule has 120 valence electrons. The minimum absolute atomic E-state index is 0.0277. The molecule has 0 spiro atoms. The van der Waals surface area contributed by atoms with Crippen LogP contribution in [0.4, 0.5) is 0 Å². The summed E-state index contributed by atoms with van der Waals surface area (Å²) in [6, 6.07) is 12.9. The molecule has 2 aromatic rings. The SMILES string of the molecule is CC1(C)CN(C(=O)c2ccc(Oc3ccccc3)nc2)CCO1. The molecule has 1 aromatic heterocycles. The van der Waals surface area contributed by atoms with Gasteiger partial charge in [-0.05, 0) is 32.0 Å². The predicted octanol–water partition coefficient (Wildman–Crippen LogP) is 3.12. The topological polar surface area (TPSA) is 51.7 Å². The number of amides is 1. The lowest BCUT2D eigenvalue weighted by Gasteiger charge is -2.38. The number of benzene rings is 1. The first-order chi connectivity index (χ1) is 11.0. The van der Waals surface area contributed by atoms with Crippen LogP contribution in [0.5, 0.6) is 11.6 Å². The second-order valence-corrected chi connectivity index (χ2v) is 6.14. The lowest BCUT2D eigenvalue weighted by molar-refractivity contribution is -0.0764. The van der Waals surface area contributed by atoms with Crippen molar-refractivity contribution >= 4 is 5.91 Å². The van der Waals surface area contributed by atoms with Gasteiger partial charge in [-0.1, -0.05) is 18.2 Å². The number of nitrogens with zero attached hydrogens (tertiary/aromatic N) is 2. The first-order valence-corrected chi connectivity index (χ1v) is 7.66. The van der Waals surface area contributed by atoms with Gasteiger partial charge in [-0.2, -0.15) is 0 Å². The van der Waals surface area contributed by atoms with Crippen LogP contribution < -0.4 is 4.74 Å². The van der Waals surface area contributed by atoms with Crippen molar-refractivity contribution in [2.24, 2.45) is 0 Å². The van der Waals surface area contributed by atoms with E-state index in [-0.39, 0.29) is 11.5 Å². The number of pyridine rings is 1. The Hall–Kier alpha value is -2.40. The Kier molecular flexibility index (Phi) is 4.30. The summed E-state index contributed by atoms with van der Waals surface area (Å²) in [5.74, 6) is 1.16. The summed E-state index contributed by atoms with van der Waals surface area (Å²) in [6.45, 7) is 5.71. The lowest BCUT2D eigenvalue weighted by atomic mass is 10.1. The number of carbonyl (C=O) groups excluding carboxylic acids is 1. The summed E-state index contributed by atoms with van der Waals surface area (Å²) in [6.07, 6.45) is 1.56. The summed E-state index contributed by atoms with van der Waals surface area (Å²) < 4.78 is 11.3. The van der Waals surface area contributed by atoms with E-state index in [0.717, 1.165) is 0 Å². The van der Waals surface area contributed by atoms with Crippen molar-refractivity contribution < 1.29 is 14.3 Å². The fraction of sp³-hybridized carbons (Fsp3) is 0.333. The number of aromatic nitrogens is 1. The van der Waals surface area contributed by atoms with Gasteiger partial charge in [0.05, 0.1) is 17.8 Å². The van der Waals surface area contributed by atoms with Gasteiger partial charge in [0.15, 0.2) is 0 Å². The Morgan fingerprint density at radius 2 is 2.00 bits per heavy atom. The highest BCUT2D eigenvalue weighted by Gasteiger charge is 2.30. The molecule has 1 amide bonds. The first kappa shape index (κ1) is 15.5. The van der Waals surface area contributed by atoms with Gasteiger partial charge in [0.25, 0.3) is 5.91 Å². The van der Waals surface area contributed by atoms with Gasteiger partial charge >= 0.3 is 0 Å². The van der Waals surface area contributed by atoms with Crippen LogP contribution in [0.1, 0.15) is 24.2 Å². The summed E-state index contributed by atoms with van der Waals surface area (Å²) in [5, 5.41) is 0. The van der Waals surface area contributed by atoms with Gasteiger partial charge in [0.1, 0.15) is 5.75 Å². The highest BCUT2D eigenvalue weighted by molar-refractivity contribution is 5.94. The number of hydrogen-bond acceptors (Lipinski definition) is 4. The molecular formula is C18H20N2O3. The molecule has 23 heavy (non-hydrogen) atoms. The van der Waals surface area contributed by atoms with Gasteiger partial charge in [-0.3, -0.25) is 4.79 Å². The second kappa shape index (κ2) is 6.38. The molecule has 3 rings (SSSR count). The Bertz CT molecular complexity index is 668. The molecule has 1 aliphatic heterocycles. The number of morpholine rings is 1. The summed E-state index contributed by atoms with van der Waals surface area (Å²) in [7, 11) is 0. The monoisotopic (exact) mass is 312 g/mol. The summed E-state index contributed by atoms with van der Waals surface area (Å²) in [5.41, 5.74) is 0.251. The van der Waals surface area contributed by atoms with Crippen LogP contribution in [0.15, 0.2) is 48.7 Å². The summed E-state index contributed by atoms with van der Waals surface area (Å²) >= 11 is 0. The maximum absolute atomic E-state index is 12.5. The Morgan fingerprint density at radius 1 is 1.22 bits per heavy atom. The lowest BCUT2D eigenvalue weighted by Crippen LogP contribution is -2.50. The minimum atomic E-state index is -0.308. The normalized spacial score (nSPS) is 16.9. The van der Waals surface area contributed by atoms with Gasteiger partial charge in [0, 0.05) is 25.4 Å². The molecule has 0 bridgehead atoms. The fourth-order valence-corrected chi connectivity index (χ4v) is 2.55. The Labute approximate surface area is 135 Å². The van der Waals surface area contributed by atoms with E-state index in [1.807, 2.05) is 44.2 Å². The molecule has 1 saturated heterocycles. The van der Waals surface area contributed by atoms with Crippen molar-refractivity contribution in [1.82, 2.24) is 9.88 Å². The molecular weight excluding hydrogens is 292 g/mol. The van der Waals surface area contributed by atoms with E-state index < -0.39 is 0 Å². The molecule has 1 aliphatic rings. The van der Waals surface area contributed by atoms with Crippen LogP contribution in [0.3, 0.4) is 0 Å². The molecule has 0 atom stereocenters. The average molecular weight is 312 g/mol. The van der Waals surface area contributed by atoms with Crippen molar-refractivity contribution in [1.29, 1.82) is 0 Å². The standard InChI is InChI=1S/C18H20N2O3/c1-18(2)13-20(10-11-22-18)17(21)14-8-9-16(19-12-14)23-15-6-4-3-5-7-15/h3-9,12H,10-11,13H2,1-2H3. The summed E-state index contributed by atoms with van der Waals surface area (Å²) in [4.78, 5) is 18.6. The Balaban J connectivity index is 1.68. The first-order valence-electron chi connectivity index (χ1n) is 7.66. The van der Waals surface area contributed by atoms with E-state index in [0.29, 0.717) is 36.9 Å². The van der Waals surface area contributed by atoms with Crippen LogP contribution in [0.25, 0.3) is 0 Å². The molecule has 0 N–H and O–H groups in total. The van der Waals surface area contributed by atoms with Crippen LogP contribution in [-0.4, -0.2) is 41.1 Å². The van der Waals surface area contributed by atoms with Crippen molar-refractivity contribution in [3.63, 3.8) is 0 Å². The van der Waals surface area contributed by atoms with E-state index in [1.165, 1.54) is 0 Å². The molecule has 1 aromatic carbocycles. The number of ether oxygens (including phenoxy) is 2. The maximum Gasteiger partial charge on any atom is 0.255 e.